The fourth-order valence-corrected chi connectivity index (χ4v) is 2.53. The van der Waals surface area contributed by atoms with Gasteiger partial charge in [-0.1, -0.05) is 6.92 Å². The van der Waals surface area contributed by atoms with Gasteiger partial charge in [-0.25, -0.2) is 0 Å². The summed E-state index contributed by atoms with van der Waals surface area (Å²) in [6, 6.07) is 0.330. The standard InChI is InChI=1S/C13H26N2O2/c1-10-5-7-15(8-6-10)11(2)9-13(3,14)12(16)17-4/h10-11H,5-9,14H2,1-4H3. The molecular weight excluding hydrogens is 216 g/mol. The van der Waals surface area contributed by atoms with E-state index in [1.165, 1.54) is 20.0 Å². The Kier molecular flexibility index (Phi) is 4.95. The van der Waals surface area contributed by atoms with E-state index in [1.807, 2.05) is 0 Å². The highest BCUT2D eigenvalue weighted by Gasteiger charge is 2.33. The molecule has 0 saturated carbocycles. The maximum absolute atomic E-state index is 11.5. The molecule has 0 amide bonds. The average Bonchev–Trinajstić information content (AvgIpc) is 2.28. The summed E-state index contributed by atoms with van der Waals surface area (Å²) in [5.41, 5.74) is 5.13. The lowest BCUT2D eigenvalue weighted by atomic mass is 9.91. The molecule has 0 radical (unpaired) electrons. The minimum atomic E-state index is -0.878. The largest absolute Gasteiger partial charge is 0.468 e. The lowest BCUT2D eigenvalue weighted by molar-refractivity contribution is -0.147. The number of methoxy groups -OCH3 is 1. The lowest BCUT2D eigenvalue weighted by Gasteiger charge is -2.37. The van der Waals surface area contributed by atoms with Gasteiger partial charge in [0.1, 0.15) is 5.54 Å². The molecule has 17 heavy (non-hydrogen) atoms. The molecule has 1 rings (SSSR count). The van der Waals surface area contributed by atoms with E-state index in [-0.39, 0.29) is 5.97 Å². The van der Waals surface area contributed by atoms with Crippen molar-refractivity contribution in [1.29, 1.82) is 0 Å². The van der Waals surface area contributed by atoms with Crippen LogP contribution in [0.15, 0.2) is 0 Å². The van der Waals surface area contributed by atoms with Gasteiger partial charge in [-0.3, -0.25) is 4.79 Å². The van der Waals surface area contributed by atoms with Crippen LogP contribution in [0.25, 0.3) is 0 Å². The summed E-state index contributed by atoms with van der Waals surface area (Å²) in [4.78, 5) is 14.0. The first-order valence-electron chi connectivity index (χ1n) is 6.48. The zero-order chi connectivity index (χ0) is 13.1. The fourth-order valence-electron chi connectivity index (χ4n) is 2.53. The number of piperidine rings is 1. The second-order valence-electron chi connectivity index (χ2n) is 5.68. The van der Waals surface area contributed by atoms with E-state index in [9.17, 15) is 4.79 Å². The topological polar surface area (TPSA) is 55.6 Å². The van der Waals surface area contributed by atoms with Gasteiger partial charge in [0, 0.05) is 6.04 Å². The number of likely N-dealkylation sites (tertiary alicyclic amines) is 1. The fraction of sp³-hybridized carbons (Fsp3) is 0.923. The molecule has 4 heteroatoms. The van der Waals surface area contributed by atoms with Crippen molar-refractivity contribution in [2.45, 2.75) is 51.6 Å². The van der Waals surface area contributed by atoms with E-state index in [1.54, 1.807) is 6.92 Å². The van der Waals surface area contributed by atoms with Crippen molar-refractivity contribution in [3.05, 3.63) is 0 Å². The van der Waals surface area contributed by atoms with Crippen molar-refractivity contribution >= 4 is 5.97 Å². The molecule has 2 unspecified atom stereocenters. The number of nitrogens with two attached hydrogens (primary N) is 1. The molecule has 0 aromatic heterocycles. The zero-order valence-electron chi connectivity index (χ0n) is 11.5. The van der Waals surface area contributed by atoms with E-state index in [4.69, 9.17) is 10.5 Å². The molecular formula is C13H26N2O2. The molecule has 1 saturated heterocycles. The van der Waals surface area contributed by atoms with Crippen LogP contribution in [0.3, 0.4) is 0 Å². The van der Waals surface area contributed by atoms with E-state index < -0.39 is 5.54 Å². The Bertz CT molecular complexity index is 258. The first kappa shape index (κ1) is 14.5. The van der Waals surface area contributed by atoms with Gasteiger partial charge in [0.2, 0.25) is 0 Å². The molecule has 0 aliphatic carbocycles. The summed E-state index contributed by atoms with van der Waals surface area (Å²) in [5, 5.41) is 0. The third-order valence-electron chi connectivity index (χ3n) is 3.81. The van der Waals surface area contributed by atoms with Crippen LogP contribution < -0.4 is 5.73 Å². The van der Waals surface area contributed by atoms with Gasteiger partial charge >= 0.3 is 5.97 Å². The SMILES string of the molecule is COC(=O)C(C)(N)CC(C)N1CCC(C)CC1. The minimum Gasteiger partial charge on any atom is -0.468 e. The Morgan fingerprint density at radius 3 is 2.53 bits per heavy atom. The Balaban J connectivity index is 2.48. The van der Waals surface area contributed by atoms with E-state index >= 15 is 0 Å². The van der Waals surface area contributed by atoms with Crippen LogP contribution in [-0.4, -0.2) is 42.6 Å². The highest BCUT2D eigenvalue weighted by atomic mass is 16.5. The summed E-state index contributed by atoms with van der Waals surface area (Å²) in [6.45, 7) is 8.41. The molecule has 1 heterocycles. The van der Waals surface area contributed by atoms with Gasteiger partial charge in [-0.15, -0.1) is 0 Å². The van der Waals surface area contributed by atoms with Crippen molar-refractivity contribution in [3.63, 3.8) is 0 Å². The molecule has 0 aromatic rings. The summed E-state index contributed by atoms with van der Waals surface area (Å²) < 4.78 is 4.74. The van der Waals surface area contributed by atoms with Crippen molar-refractivity contribution in [2.24, 2.45) is 11.7 Å². The number of nitrogens with zero attached hydrogens (tertiary/aromatic N) is 1. The third-order valence-corrected chi connectivity index (χ3v) is 3.81. The number of esters is 1. The average molecular weight is 242 g/mol. The highest BCUT2D eigenvalue weighted by Crippen LogP contribution is 2.22. The van der Waals surface area contributed by atoms with Crippen LogP contribution in [0.4, 0.5) is 0 Å². The third kappa shape index (κ3) is 3.96. The second-order valence-corrected chi connectivity index (χ2v) is 5.68. The van der Waals surface area contributed by atoms with Crippen molar-refractivity contribution in [2.75, 3.05) is 20.2 Å². The van der Waals surface area contributed by atoms with Gasteiger partial charge in [0.15, 0.2) is 0 Å². The molecule has 2 N–H and O–H groups in total. The molecule has 4 nitrogen and oxygen atoms in total. The Labute approximate surface area is 104 Å². The van der Waals surface area contributed by atoms with Gasteiger partial charge < -0.3 is 15.4 Å². The normalized spacial score (nSPS) is 24.1. The van der Waals surface area contributed by atoms with Gasteiger partial charge in [0.05, 0.1) is 7.11 Å². The number of hydrogen-bond acceptors (Lipinski definition) is 4. The predicted molar refractivity (Wildman–Crippen MR) is 68.7 cm³/mol. The molecule has 1 aliphatic heterocycles. The summed E-state index contributed by atoms with van der Waals surface area (Å²) in [6.07, 6.45) is 3.13. The molecule has 1 fully saturated rings. The molecule has 1 aliphatic rings. The van der Waals surface area contributed by atoms with Gasteiger partial charge in [-0.2, -0.15) is 0 Å². The molecule has 0 bridgehead atoms. The van der Waals surface area contributed by atoms with E-state index in [0.717, 1.165) is 19.0 Å². The lowest BCUT2D eigenvalue weighted by Crippen LogP contribution is -2.51. The number of carbonyl (C=O) groups excluding carboxylic acids is 1. The van der Waals surface area contributed by atoms with Crippen LogP contribution in [0.1, 0.15) is 40.0 Å². The number of rotatable bonds is 4. The summed E-state index contributed by atoms with van der Waals surface area (Å²) in [5.74, 6) is 0.498. The smallest absolute Gasteiger partial charge is 0.325 e. The number of carbonyl (C=O) groups is 1. The van der Waals surface area contributed by atoms with Gasteiger partial charge in [-0.05, 0) is 52.1 Å². The maximum atomic E-state index is 11.5. The predicted octanol–water partition coefficient (Wildman–Crippen LogP) is 1.39. The molecule has 0 aromatic carbocycles. The second kappa shape index (κ2) is 5.83. The Hall–Kier alpha value is -0.610. The zero-order valence-corrected chi connectivity index (χ0v) is 11.5. The van der Waals surface area contributed by atoms with E-state index in [0.29, 0.717) is 12.5 Å². The Morgan fingerprint density at radius 1 is 1.53 bits per heavy atom. The first-order chi connectivity index (χ1) is 7.86. The van der Waals surface area contributed by atoms with Crippen LogP contribution in [0, 0.1) is 5.92 Å². The maximum Gasteiger partial charge on any atom is 0.325 e. The molecule has 0 spiro atoms. The first-order valence-corrected chi connectivity index (χ1v) is 6.48. The van der Waals surface area contributed by atoms with Crippen molar-refractivity contribution < 1.29 is 9.53 Å². The quantitative estimate of drug-likeness (QED) is 0.757. The molecule has 100 valence electrons. The van der Waals surface area contributed by atoms with Crippen molar-refractivity contribution in [3.8, 4) is 0 Å². The van der Waals surface area contributed by atoms with E-state index in [2.05, 4.69) is 18.7 Å². The van der Waals surface area contributed by atoms with Crippen LogP contribution >= 0.6 is 0 Å². The molecule has 2 atom stereocenters. The van der Waals surface area contributed by atoms with Gasteiger partial charge in [0.25, 0.3) is 0 Å². The van der Waals surface area contributed by atoms with Crippen molar-refractivity contribution in [1.82, 2.24) is 4.90 Å². The number of ether oxygens (including phenoxy) is 1. The summed E-state index contributed by atoms with van der Waals surface area (Å²) >= 11 is 0. The summed E-state index contributed by atoms with van der Waals surface area (Å²) in [7, 11) is 1.39. The Morgan fingerprint density at radius 2 is 2.06 bits per heavy atom. The number of hydrogen-bond donors (Lipinski definition) is 1. The van der Waals surface area contributed by atoms with Crippen LogP contribution in [0.5, 0.6) is 0 Å². The monoisotopic (exact) mass is 242 g/mol. The van der Waals surface area contributed by atoms with Crippen LogP contribution in [0.2, 0.25) is 0 Å². The van der Waals surface area contributed by atoms with Crippen LogP contribution in [-0.2, 0) is 9.53 Å². The minimum absolute atomic E-state index is 0.324. The highest BCUT2D eigenvalue weighted by molar-refractivity contribution is 5.79.